The van der Waals surface area contributed by atoms with E-state index in [-0.39, 0.29) is 18.0 Å². The van der Waals surface area contributed by atoms with Crippen molar-refractivity contribution in [3.8, 4) is 0 Å². The number of fused-ring (bicyclic) bond motifs is 1. The van der Waals surface area contributed by atoms with Crippen LogP contribution >= 0.6 is 23.0 Å². The lowest BCUT2D eigenvalue weighted by atomic mass is 10.2. The highest BCUT2D eigenvalue weighted by Crippen LogP contribution is 2.15. The van der Waals surface area contributed by atoms with E-state index in [0.29, 0.717) is 11.3 Å². The molecular weight excluding hydrogens is 373 g/mol. The number of halogens is 1. The summed E-state index contributed by atoms with van der Waals surface area (Å²) in [7, 11) is 0. The molecule has 0 atom stereocenters. The van der Waals surface area contributed by atoms with E-state index in [0.717, 1.165) is 10.2 Å². The largest absolute Gasteiger partial charge is 0.393 e. The molecule has 0 N–H and O–H groups in total. The van der Waals surface area contributed by atoms with Crippen molar-refractivity contribution in [1.82, 2.24) is 14.2 Å². The van der Waals surface area contributed by atoms with Gasteiger partial charge in [-0.1, -0.05) is 26.5 Å². The van der Waals surface area contributed by atoms with Gasteiger partial charge in [0, 0.05) is 12.1 Å². The van der Waals surface area contributed by atoms with E-state index < -0.39 is 5.97 Å². The number of rotatable bonds is 4. The van der Waals surface area contributed by atoms with Gasteiger partial charge in [-0.3, -0.25) is 9.20 Å². The lowest BCUT2D eigenvalue weighted by molar-refractivity contribution is -0.132. The minimum Gasteiger partial charge on any atom is -0.393 e. The molecule has 0 bridgehead atoms. The standard InChI is InChI=1S/C13H14IN3O3/c1-4-9-5-10-13(19)17(7-11(18)20-14)15-12(8(2)3)16(10)6-9/h4-6,8H,1,7H2,2-3H3. The van der Waals surface area contributed by atoms with Crippen LogP contribution in [0.5, 0.6) is 0 Å². The monoisotopic (exact) mass is 387 g/mol. The Hall–Kier alpha value is -1.64. The van der Waals surface area contributed by atoms with Gasteiger partial charge in [-0.25, -0.2) is 9.48 Å². The van der Waals surface area contributed by atoms with Crippen molar-refractivity contribution < 1.29 is 7.86 Å². The second-order valence-corrected chi connectivity index (χ2v) is 5.10. The molecule has 0 fully saturated rings. The van der Waals surface area contributed by atoms with Gasteiger partial charge in [0.05, 0.1) is 0 Å². The topological polar surface area (TPSA) is 65.6 Å². The van der Waals surface area contributed by atoms with Gasteiger partial charge in [-0.05, 0) is 11.6 Å². The number of hydrogen-bond donors (Lipinski definition) is 0. The molecule has 2 heterocycles. The normalized spacial score (nSPS) is 11.0. The maximum absolute atomic E-state index is 12.3. The summed E-state index contributed by atoms with van der Waals surface area (Å²) in [6.07, 6.45) is 3.48. The molecule has 2 aromatic heterocycles. The summed E-state index contributed by atoms with van der Waals surface area (Å²) in [6.45, 7) is 7.44. The third kappa shape index (κ3) is 2.62. The molecule has 2 rings (SSSR count). The number of carbonyl (C=O) groups is 1. The van der Waals surface area contributed by atoms with Crippen molar-refractivity contribution >= 4 is 40.6 Å². The second kappa shape index (κ2) is 5.78. The van der Waals surface area contributed by atoms with E-state index in [1.165, 1.54) is 23.0 Å². The molecule has 0 unspecified atom stereocenters. The van der Waals surface area contributed by atoms with Crippen LogP contribution in [0.1, 0.15) is 31.2 Å². The molecule has 20 heavy (non-hydrogen) atoms. The molecule has 0 radical (unpaired) electrons. The molecule has 0 amide bonds. The van der Waals surface area contributed by atoms with Crippen molar-refractivity contribution in [2.75, 3.05) is 0 Å². The third-order valence-electron chi connectivity index (χ3n) is 2.88. The van der Waals surface area contributed by atoms with Gasteiger partial charge < -0.3 is 3.07 Å². The summed E-state index contributed by atoms with van der Waals surface area (Å²) < 4.78 is 7.44. The highest BCUT2D eigenvalue weighted by atomic mass is 127. The van der Waals surface area contributed by atoms with Gasteiger partial charge in [-0.15, -0.1) is 0 Å². The van der Waals surface area contributed by atoms with Crippen LogP contribution < -0.4 is 5.56 Å². The molecule has 2 aromatic rings. The van der Waals surface area contributed by atoms with E-state index in [1.54, 1.807) is 16.5 Å². The zero-order valence-electron chi connectivity index (χ0n) is 11.2. The van der Waals surface area contributed by atoms with Crippen LogP contribution in [0.4, 0.5) is 0 Å². The Morgan fingerprint density at radius 2 is 2.30 bits per heavy atom. The second-order valence-electron chi connectivity index (χ2n) is 4.66. The lowest BCUT2D eigenvalue weighted by Gasteiger charge is -2.11. The van der Waals surface area contributed by atoms with Gasteiger partial charge >= 0.3 is 5.97 Å². The van der Waals surface area contributed by atoms with Crippen molar-refractivity contribution in [3.05, 3.63) is 40.6 Å². The van der Waals surface area contributed by atoms with Gasteiger partial charge in [-0.2, -0.15) is 5.10 Å². The number of nitrogens with zero attached hydrogens (tertiary/aromatic N) is 3. The fraction of sp³-hybridized carbons (Fsp3) is 0.308. The fourth-order valence-electron chi connectivity index (χ4n) is 1.95. The van der Waals surface area contributed by atoms with Crippen LogP contribution in [0.2, 0.25) is 0 Å². The zero-order valence-corrected chi connectivity index (χ0v) is 13.3. The van der Waals surface area contributed by atoms with Gasteiger partial charge in [0.1, 0.15) is 17.9 Å². The molecule has 0 aliphatic heterocycles. The Morgan fingerprint density at radius 1 is 1.60 bits per heavy atom. The number of carbonyl (C=O) groups excluding carboxylic acids is 1. The molecule has 0 aromatic carbocycles. The van der Waals surface area contributed by atoms with Crippen LogP contribution in [0.25, 0.3) is 11.6 Å². The lowest BCUT2D eigenvalue weighted by Crippen LogP contribution is -2.30. The minimum absolute atomic E-state index is 0.102. The van der Waals surface area contributed by atoms with E-state index in [2.05, 4.69) is 14.7 Å². The zero-order chi connectivity index (χ0) is 14.9. The molecular formula is C13H14IN3O3. The molecule has 6 nitrogen and oxygen atoms in total. The van der Waals surface area contributed by atoms with Crippen LogP contribution in [0, 0.1) is 0 Å². The third-order valence-corrected chi connectivity index (χ3v) is 3.37. The first-order valence-electron chi connectivity index (χ1n) is 6.05. The predicted molar refractivity (Wildman–Crippen MR) is 83.7 cm³/mol. The van der Waals surface area contributed by atoms with Crippen molar-refractivity contribution in [3.63, 3.8) is 0 Å². The van der Waals surface area contributed by atoms with E-state index in [4.69, 9.17) is 0 Å². The molecule has 106 valence electrons. The van der Waals surface area contributed by atoms with Crippen LogP contribution in [0.3, 0.4) is 0 Å². The summed E-state index contributed by atoms with van der Waals surface area (Å²) in [5.41, 5.74) is 0.976. The number of aromatic nitrogens is 3. The quantitative estimate of drug-likeness (QED) is 0.755. The van der Waals surface area contributed by atoms with Crippen molar-refractivity contribution in [2.24, 2.45) is 0 Å². The smallest absolute Gasteiger partial charge is 0.337 e. The van der Waals surface area contributed by atoms with E-state index >= 15 is 0 Å². The van der Waals surface area contributed by atoms with E-state index in [1.807, 2.05) is 20.0 Å². The fourth-order valence-corrected chi connectivity index (χ4v) is 2.09. The van der Waals surface area contributed by atoms with Gasteiger partial charge in [0.25, 0.3) is 5.56 Å². The Morgan fingerprint density at radius 3 is 2.85 bits per heavy atom. The molecule has 0 saturated carbocycles. The Kier molecular flexibility index (Phi) is 4.26. The average Bonchev–Trinajstić information content (AvgIpc) is 2.85. The Labute approximate surface area is 129 Å². The molecule has 0 aliphatic carbocycles. The summed E-state index contributed by atoms with van der Waals surface area (Å²) in [5.74, 6) is 0.286. The average molecular weight is 387 g/mol. The van der Waals surface area contributed by atoms with Crippen molar-refractivity contribution in [2.45, 2.75) is 26.3 Å². The molecule has 7 heteroatoms. The maximum Gasteiger partial charge on any atom is 0.337 e. The van der Waals surface area contributed by atoms with Crippen LogP contribution in [-0.2, 0) is 14.4 Å². The molecule has 0 saturated heterocycles. The SMILES string of the molecule is C=Cc1cc2c(=O)n(CC(=O)OI)nc(C(C)C)n2c1. The Bertz CT molecular complexity index is 730. The summed E-state index contributed by atoms with van der Waals surface area (Å²) >= 11 is 1.49. The summed E-state index contributed by atoms with van der Waals surface area (Å²) in [4.78, 5) is 23.7. The Balaban J connectivity index is 2.71. The van der Waals surface area contributed by atoms with Crippen LogP contribution in [0.15, 0.2) is 23.6 Å². The highest BCUT2D eigenvalue weighted by Gasteiger charge is 2.16. The summed E-state index contributed by atoms with van der Waals surface area (Å²) in [6, 6.07) is 1.73. The molecule has 0 spiro atoms. The maximum atomic E-state index is 12.3. The van der Waals surface area contributed by atoms with Crippen LogP contribution in [-0.4, -0.2) is 20.2 Å². The first-order valence-corrected chi connectivity index (χ1v) is 6.93. The highest BCUT2D eigenvalue weighted by molar-refractivity contribution is 14.1. The van der Waals surface area contributed by atoms with Crippen molar-refractivity contribution in [1.29, 1.82) is 0 Å². The first-order chi connectivity index (χ1) is 9.47. The molecule has 0 aliphatic rings. The van der Waals surface area contributed by atoms with Gasteiger partial charge in [0.15, 0.2) is 23.0 Å². The predicted octanol–water partition coefficient (Wildman–Crippen LogP) is 2.16. The first kappa shape index (κ1) is 14.8. The van der Waals surface area contributed by atoms with E-state index in [9.17, 15) is 9.59 Å². The van der Waals surface area contributed by atoms with Gasteiger partial charge in [0.2, 0.25) is 0 Å². The summed E-state index contributed by atoms with van der Waals surface area (Å²) in [5, 5.41) is 4.26. The number of hydrogen-bond acceptors (Lipinski definition) is 4. The minimum atomic E-state index is -0.519.